The fraction of sp³-hybridized carbons (Fsp3) is 0.150. The number of aromatic nitrogens is 1. The Balaban J connectivity index is 1.64. The Labute approximate surface area is 155 Å². The van der Waals surface area contributed by atoms with Crippen molar-refractivity contribution in [3.05, 3.63) is 64.5 Å². The zero-order valence-electron chi connectivity index (χ0n) is 14.5. The molecular weight excluding hydrogens is 348 g/mol. The van der Waals surface area contributed by atoms with E-state index in [0.29, 0.717) is 17.0 Å². The highest BCUT2D eigenvalue weighted by Crippen LogP contribution is 2.28. The van der Waals surface area contributed by atoms with Crippen LogP contribution in [0.4, 0.5) is 5.69 Å². The molecule has 3 rings (SSSR count). The summed E-state index contributed by atoms with van der Waals surface area (Å²) in [6.45, 7) is 3.33. The van der Waals surface area contributed by atoms with E-state index in [0.717, 1.165) is 16.3 Å². The van der Waals surface area contributed by atoms with Crippen molar-refractivity contribution in [1.29, 1.82) is 0 Å². The molecular formula is C20H18N2O3S. The Bertz CT molecular complexity index is 932. The number of amides is 1. The number of aryl methyl sites for hydroxylation is 1. The molecule has 0 aliphatic carbocycles. The lowest BCUT2D eigenvalue weighted by atomic mass is 10.1. The summed E-state index contributed by atoms with van der Waals surface area (Å²) in [7, 11) is 0. The molecule has 5 nitrogen and oxygen atoms in total. The van der Waals surface area contributed by atoms with Gasteiger partial charge in [0, 0.05) is 16.5 Å². The SMILES string of the molecule is CC(=O)c1ccc(OCC(=O)Nc2ccccc2-c2csc(C)n2)cc1. The minimum absolute atomic E-state index is 0.0109. The lowest BCUT2D eigenvalue weighted by molar-refractivity contribution is -0.118. The number of nitrogens with zero attached hydrogens (tertiary/aromatic N) is 1. The van der Waals surface area contributed by atoms with Gasteiger partial charge < -0.3 is 10.1 Å². The van der Waals surface area contributed by atoms with Crippen LogP contribution >= 0.6 is 11.3 Å². The number of carbonyl (C=O) groups is 2. The largest absolute Gasteiger partial charge is 0.484 e. The highest BCUT2D eigenvalue weighted by atomic mass is 32.1. The fourth-order valence-electron chi connectivity index (χ4n) is 2.42. The number of para-hydroxylation sites is 1. The van der Waals surface area contributed by atoms with Crippen LogP contribution in [-0.2, 0) is 4.79 Å². The number of carbonyl (C=O) groups excluding carboxylic acids is 2. The number of ether oxygens (including phenoxy) is 1. The number of anilines is 1. The van der Waals surface area contributed by atoms with Crippen LogP contribution in [0.2, 0.25) is 0 Å². The van der Waals surface area contributed by atoms with Crippen molar-refractivity contribution in [3.63, 3.8) is 0 Å². The van der Waals surface area contributed by atoms with Crippen LogP contribution < -0.4 is 10.1 Å². The lowest BCUT2D eigenvalue weighted by Gasteiger charge is -2.10. The number of hydrogen-bond donors (Lipinski definition) is 1. The molecule has 26 heavy (non-hydrogen) atoms. The topological polar surface area (TPSA) is 68.3 Å². The van der Waals surface area contributed by atoms with Gasteiger partial charge in [-0.05, 0) is 44.2 Å². The van der Waals surface area contributed by atoms with E-state index in [9.17, 15) is 9.59 Å². The maximum atomic E-state index is 12.2. The predicted octanol–water partition coefficient (Wildman–Crippen LogP) is 4.34. The molecule has 1 amide bonds. The van der Waals surface area contributed by atoms with Gasteiger partial charge in [-0.3, -0.25) is 9.59 Å². The normalized spacial score (nSPS) is 10.4. The molecule has 0 unspecified atom stereocenters. The van der Waals surface area contributed by atoms with Gasteiger partial charge in [0.05, 0.1) is 16.4 Å². The van der Waals surface area contributed by atoms with Gasteiger partial charge in [0.15, 0.2) is 12.4 Å². The second-order valence-electron chi connectivity index (χ2n) is 5.71. The van der Waals surface area contributed by atoms with Crippen molar-refractivity contribution >= 4 is 28.7 Å². The molecule has 1 N–H and O–H groups in total. The molecule has 0 radical (unpaired) electrons. The van der Waals surface area contributed by atoms with E-state index in [1.807, 2.05) is 36.6 Å². The van der Waals surface area contributed by atoms with Crippen LogP contribution in [0.25, 0.3) is 11.3 Å². The maximum absolute atomic E-state index is 12.2. The van der Waals surface area contributed by atoms with Gasteiger partial charge in [-0.2, -0.15) is 0 Å². The van der Waals surface area contributed by atoms with Gasteiger partial charge in [0.2, 0.25) is 0 Å². The molecule has 0 aliphatic rings. The van der Waals surface area contributed by atoms with Crippen LogP contribution in [0.5, 0.6) is 5.75 Å². The van der Waals surface area contributed by atoms with Crippen LogP contribution in [0, 0.1) is 6.92 Å². The van der Waals surface area contributed by atoms with Crippen molar-refractivity contribution < 1.29 is 14.3 Å². The molecule has 6 heteroatoms. The molecule has 0 atom stereocenters. The van der Waals surface area contributed by atoms with E-state index in [2.05, 4.69) is 10.3 Å². The van der Waals surface area contributed by atoms with Gasteiger partial charge in [-0.1, -0.05) is 18.2 Å². The summed E-state index contributed by atoms with van der Waals surface area (Å²) < 4.78 is 5.49. The zero-order chi connectivity index (χ0) is 18.5. The summed E-state index contributed by atoms with van der Waals surface area (Å²) in [6.07, 6.45) is 0. The quantitative estimate of drug-likeness (QED) is 0.659. The van der Waals surface area contributed by atoms with Crippen molar-refractivity contribution in [2.24, 2.45) is 0 Å². The van der Waals surface area contributed by atoms with Crippen LogP contribution in [0.1, 0.15) is 22.3 Å². The van der Waals surface area contributed by atoms with E-state index in [-0.39, 0.29) is 18.3 Å². The van der Waals surface area contributed by atoms with E-state index in [1.165, 1.54) is 6.92 Å². The monoisotopic (exact) mass is 366 g/mol. The van der Waals surface area contributed by atoms with Crippen molar-refractivity contribution in [1.82, 2.24) is 4.98 Å². The Morgan fingerprint density at radius 3 is 2.50 bits per heavy atom. The first-order chi connectivity index (χ1) is 12.5. The zero-order valence-corrected chi connectivity index (χ0v) is 15.3. The summed E-state index contributed by atoms with van der Waals surface area (Å²) in [5.41, 5.74) is 3.01. The Hall–Kier alpha value is -2.99. The molecule has 0 saturated carbocycles. The number of nitrogens with one attached hydrogen (secondary N) is 1. The molecule has 0 bridgehead atoms. The first kappa shape index (κ1) is 17.8. The van der Waals surface area contributed by atoms with Crippen molar-refractivity contribution in [2.75, 3.05) is 11.9 Å². The molecule has 0 spiro atoms. The van der Waals surface area contributed by atoms with Gasteiger partial charge in [0.1, 0.15) is 5.75 Å². The summed E-state index contributed by atoms with van der Waals surface area (Å²) in [6, 6.07) is 14.2. The maximum Gasteiger partial charge on any atom is 0.262 e. The van der Waals surface area contributed by atoms with Gasteiger partial charge >= 0.3 is 0 Å². The number of rotatable bonds is 6. The molecule has 132 valence electrons. The Morgan fingerprint density at radius 2 is 1.85 bits per heavy atom. The number of ketones is 1. The number of benzene rings is 2. The standard InChI is InChI=1S/C20H18N2O3S/c1-13(23)15-7-9-16(10-8-15)25-11-20(24)22-18-6-4-3-5-17(18)19-12-26-14(2)21-19/h3-10,12H,11H2,1-2H3,(H,22,24). The fourth-order valence-corrected chi connectivity index (χ4v) is 3.04. The minimum atomic E-state index is -0.264. The predicted molar refractivity (Wildman–Crippen MR) is 103 cm³/mol. The second-order valence-corrected chi connectivity index (χ2v) is 6.78. The van der Waals surface area contributed by atoms with Gasteiger partial charge in [-0.25, -0.2) is 4.98 Å². The average Bonchev–Trinajstić information content (AvgIpc) is 3.07. The summed E-state index contributed by atoms with van der Waals surface area (Å²) >= 11 is 1.56. The first-order valence-electron chi connectivity index (χ1n) is 8.08. The van der Waals surface area contributed by atoms with E-state index >= 15 is 0 Å². The molecule has 1 heterocycles. The Kier molecular flexibility index (Phi) is 5.43. The molecule has 2 aromatic carbocycles. The minimum Gasteiger partial charge on any atom is -0.484 e. The van der Waals surface area contributed by atoms with E-state index in [4.69, 9.17) is 4.74 Å². The summed E-state index contributed by atoms with van der Waals surface area (Å²) in [5, 5.41) is 5.80. The molecule has 3 aromatic rings. The van der Waals surface area contributed by atoms with Crippen molar-refractivity contribution in [3.8, 4) is 17.0 Å². The third kappa shape index (κ3) is 4.34. The number of thiazole rings is 1. The Morgan fingerprint density at radius 1 is 1.12 bits per heavy atom. The molecule has 0 aliphatic heterocycles. The molecule has 0 saturated heterocycles. The highest BCUT2D eigenvalue weighted by Gasteiger charge is 2.11. The number of hydrogen-bond acceptors (Lipinski definition) is 5. The summed E-state index contributed by atoms with van der Waals surface area (Å²) in [4.78, 5) is 28.0. The number of Topliss-reactive ketones (excluding diaryl/α,β-unsaturated/α-hetero) is 1. The third-order valence-electron chi connectivity index (χ3n) is 3.73. The van der Waals surface area contributed by atoms with Crippen LogP contribution in [0.15, 0.2) is 53.9 Å². The van der Waals surface area contributed by atoms with Crippen LogP contribution in [0.3, 0.4) is 0 Å². The van der Waals surface area contributed by atoms with Crippen LogP contribution in [-0.4, -0.2) is 23.3 Å². The third-order valence-corrected chi connectivity index (χ3v) is 4.50. The van der Waals surface area contributed by atoms with Gasteiger partial charge in [-0.15, -0.1) is 11.3 Å². The smallest absolute Gasteiger partial charge is 0.262 e. The lowest BCUT2D eigenvalue weighted by Crippen LogP contribution is -2.20. The second kappa shape index (κ2) is 7.93. The van der Waals surface area contributed by atoms with Gasteiger partial charge in [0.25, 0.3) is 5.91 Å². The molecule has 0 fully saturated rings. The van der Waals surface area contributed by atoms with Crippen molar-refractivity contribution in [2.45, 2.75) is 13.8 Å². The van der Waals surface area contributed by atoms with E-state index < -0.39 is 0 Å². The highest BCUT2D eigenvalue weighted by molar-refractivity contribution is 7.09. The summed E-state index contributed by atoms with van der Waals surface area (Å²) in [5.74, 6) is 0.261. The molecule has 1 aromatic heterocycles. The average molecular weight is 366 g/mol. The first-order valence-corrected chi connectivity index (χ1v) is 8.96. The van der Waals surface area contributed by atoms with E-state index in [1.54, 1.807) is 35.6 Å².